The summed E-state index contributed by atoms with van der Waals surface area (Å²) >= 11 is 0. The second-order valence-electron chi connectivity index (χ2n) is 3.06. The van der Waals surface area contributed by atoms with Crippen LogP contribution in [0.5, 0.6) is 0 Å². The highest BCUT2D eigenvalue weighted by Gasteiger charge is 2.14. The summed E-state index contributed by atoms with van der Waals surface area (Å²) in [6.07, 6.45) is 5.14. The summed E-state index contributed by atoms with van der Waals surface area (Å²) in [5.41, 5.74) is 2.86. The minimum Gasteiger partial charge on any atom is -0.244 e. The van der Waals surface area contributed by atoms with Crippen molar-refractivity contribution in [1.82, 2.24) is 9.97 Å². The van der Waals surface area contributed by atoms with Crippen molar-refractivity contribution in [2.45, 2.75) is 19.8 Å². The van der Waals surface area contributed by atoms with E-state index in [1.54, 1.807) is 18.7 Å². The number of rotatable bonds is 0. The van der Waals surface area contributed by atoms with Gasteiger partial charge in [-0.3, -0.25) is 0 Å². The summed E-state index contributed by atoms with van der Waals surface area (Å²) in [6.45, 7) is 3.96. The van der Waals surface area contributed by atoms with Crippen molar-refractivity contribution >= 4 is 11.9 Å². The lowest BCUT2D eigenvalue weighted by atomic mass is 10.0. The molecule has 0 saturated heterocycles. The number of hydrogen-bond acceptors (Lipinski definition) is 4. The average Bonchev–Trinajstić information content (AvgIpc) is 2.29. The first-order chi connectivity index (χ1) is 6.29. The third kappa shape index (κ3) is 1.35. The van der Waals surface area contributed by atoms with Crippen molar-refractivity contribution in [1.29, 1.82) is 0 Å². The van der Waals surface area contributed by atoms with Crippen LogP contribution in [0, 0.1) is 0 Å². The van der Waals surface area contributed by atoms with Crippen molar-refractivity contribution in [3.8, 4) is 0 Å². The molecule has 1 atom stereocenters. The third-order valence-electron chi connectivity index (χ3n) is 2.06. The second kappa shape index (κ2) is 3.05. The largest absolute Gasteiger partial charge is 0.244 e. The standard InChI is InChI=1S/C9H10N4/c1-6-3-12-13-7(2)8-4-10-5-11-9(6)8/h3-6H,1-2H3. The Hall–Kier alpha value is -1.58. The SMILES string of the molecule is CC1=NN=CC(C)c2ncncc21. The van der Waals surface area contributed by atoms with Crippen LogP contribution >= 0.6 is 0 Å². The zero-order valence-electron chi connectivity index (χ0n) is 7.60. The summed E-state index contributed by atoms with van der Waals surface area (Å²) in [5, 5.41) is 7.96. The highest BCUT2D eigenvalue weighted by Crippen LogP contribution is 2.17. The molecule has 13 heavy (non-hydrogen) atoms. The molecule has 1 aromatic heterocycles. The predicted octanol–water partition coefficient (Wildman–Crippen LogP) is 1.39. The first-order valence-electron chi connectivity index (χ1n) is 4.17. The van der Waals surface area contributed by atoms with Gasteiger partial charge in [0.1, 0.15) is 6.33 Å². The van der Waals surface area contributed by atoms with Gasteiger partial charge in [-0.15, -0.1) is 0 Å². The molecule has 0 spiro atoms. The lowest BCUT2D eigenvalue weighted by Crippen LogP contribution is -2.06. The zero-order valence-corrected chi connectivity index (χ0v) is 7.60. The third-order valence-corrected chi connectivity index (χ3v) is 2.06. The second-order valence-corrected chi connectivity index (χ2v) is 3.06. The van der Waals surface area contributed by atoms with Crippen LogP contribution in [0.3, 0.4) is 0 Å². The van der Waals surface area contributed by atoms with Gasteiger partial charge in [-0.2, -0.15) is 10.2 Å². The Labute approximate surface area is 76.5 Å². The van der Waals surface area contributed by atoms with E-state index < -0.39 is 0 Å². The topological polar surface area (TPSA) is 50.5 Å². The quantitative estimate of drug-likeness (QED) is 0.596. The molecule has 0 saturated carbocycles. The van der Waals surface area contributed by atoms with Gasteiger partial charge in [0.25, 0.3) is 0 Å². The molecule has 0 bridgehead atoms. The van der Waals surface area contributed by atoms with E-state index in [9.17, 15) is 0 Å². The predicted molar refractivity (Wildman–Crippen MR) is 51.2 cm³/mol. The van der Waals surface area contributed by atoms with Crippen LogP contribution in [-0.2, 0) is 0 Å². The van der Waals surface area contributed by atoms with Crippen molar-refractivity contribution < 1.29 is 0 Å². The summed E-state index contributed by atoms with van der Waals surface area (Å²) in [5.74, 6) is 0.208. The van der Waals surface area contributed by atoms with Gasteiger partial charge >= 0.3 is 0 Å². The molecule has 0 amide bonds. The van der Waals surface area contributed by atoms with E-state index in [1.165, 1.54) is 0 Å². The summed E-state index contributed by atoms with van der Waals surface area (Å²) in [4.78, 5) is 8.20. The summed E-state index contributed by atoms with van der Waals surface area (Å²) in [6, 6.07) is 0. The molecule has 2 rings (SSSR count). The fraction of sp³-hybridized carbons (Fsp3) is 0.333. The van der Waals surface area contributed by atoms with Gasteiger partial charge in [0, 0.05) is 23.9 Å². The first-order valence-corrected chi connectivity index (χ1v) is 4.17. The minimum absolute atomic E-state index is 0.208. The Kier molecular flexibility index (Phi) is 1.88. The Morgan fingerprint density at radius 1 is 1.38 bits per heavy atom. The van der Waals surface area contributed by atoms with Crippen LogP contribution in [0.25, 0.3) is 0 Å². The van der Waals surface area contributed by atoms with Gasteiger partial charge in [0.05, 0.1) is 11.4 Å². The van der Waals surface area contributed by atoms with Gasteiger partial charge in [0.2, 0.25) is 0 Å². The maximum absolute atomic E-state index is 4.23. The maximum Gasteiger partial charge on any atom is 0.115 e. The fourth-order valence-corrected chi connectivity index (χ4v) is 1.33. The summed E-state index contributed by atoms with van der Waals surface area (Å²) < 4.78 is 0. The van der Waals surface area contributed by atoms with Gasteiger partial charge < -0.3 is 0 Å². The molecule has 0 fully saturated rings. The lowest BCUT2D eigenvalue weighted by Gasteiger charge is -2.06. The Morgan fingerprint density at radius 2 is 2.23 bits per heavy atom. The lowest BCUT2D eigenvalue weighted by molar-refractivity contribution is 0.939. The number of nitrogens with zero attached hydrogens (tertiary/aromatic N) is 4. The average molecular weight is 174 g/mol. The number of aromatic nitrogens is 2. The molecular formula is C9H10N4. The van der Waals surface area contributed by atoms with Crippen LogP contribution in [-0.4, -0.2) is 21.9 Å². The van der Waals surface area contributed by atoms with E-state index in [1.807, 2.05) is 13.8 Å². The molecule has 1 unspecified atom stereocenters. The Morgan fingerprint density at radius 3 is 3.08 bits per heavy atom. The number of hydrogen-bond donors (Lipinski definition) is 0. The molecule has 66 valence electrons. The van der Waals surface area contributed by atoms with Crippen LogP contribution in [0.4, 0.5) is 0 Å². The Bertz CT molecular complexity index is 381. The van der Waals surface area contributed by atoms with Gasteiger partial charge in [0.15, 0.2) is 0 Å². The molecule has 0 aliphatic carbocycles. The minimum atomic E-state index is 0.208. The highest BCUT2D eigenvalue weighted by molar-refractivity contribution is 6.01. The van der Waals surface area contributed by atoms with E-state index in [-0.39, 0.29) is 5.92 Å². The van der Waals surface area contributed by atoms with E-state index >= 15 is 0 Å². The van der Waals surface area contributed by atoms with Gasteiger partial charge in [-0.05, 0) is 6.92 Å². The smallest absolute Gasteiger partial charge is 0.115 e. The first kappa shape index (κ1) is 8.04. The monoisotopic (exact) mass is 174 g/mol. The zero-order chi connectivity index (χ0) is 9.26. The molecule has 1 aliphatic heterocycles. The molecule has 1 aliphatic rings. The molecule has 1 aromatic rings. The van der Waals surface area contributed by atoms with E-state index in [0.717, 1.165) is 17.0 Å². The maximum atomic E-state index is 4.23. The van der Waals surface area contributed by atoms with Crippen LogP contribution < -0.4 is 0 Å². The molecule has 2 heterocycles. The van der Waals surface area contributed by atoms with Gasteiger partial charge in [-0.1, -0.05) is 6.92 Å². The molecular weight excluding hydrogens is 164 g/mol. The molecule has 0 N–H and O–H groups in total. The van der Waals surface area contributed by atoms with Crippen LogP contribution in [0.2, 0.25) is 0 Å². The Balaban J connectivity index is 2.62. The normalized spacial score (nSPS) is 20.5. The molecule has 0 radical (unpaired) electrons. The molecule has 0 aromatic carbocycles. The molecule has 4 heteroatoms. The van der Waals surface area contributed by atoms with E-state index in [0.29, 0.717) is 0 Å². The fourth-order valence-electron chi connectivity index (χ4n) is 1.33. The van der Waals surface area contributed by atoms with Crippen LogP contribution in [0.1, 0.15) is 31.0 Å². The van der Waals surface area contributed by atoms with E-state index in [4.69, 9.17) is 0 Å². The van der Waals surface area contributed by atoms with Crippen LogP contribution in [0.15, 0.2) is 22.7 Å². The van der Waals surface area contributed by atoms with Crippen molar-refractivity contribution in [3.05, 3.63) is 23.8 Å². The number of fused-ring (bicyclic) bond motifs is 1. The van der Waals surface area contributed by atoms with E-state index in [2.05, 4.69) is 20.2 Å². The van der Waals surface area contributed by atoms with Crippen molar-refractivity contribution in [2.24, 2.45) is 10.2 Å². The molecule has 4 nitrogen and oxygen atoms in total. The van der Waals surface area contributed by atoms with Crippen molar-refractivity contribution in [2.75, 3.05) is 0 Å². The summed E-state index contributed by atoms with van der Waals surface area (Å²) in [7, 11) is 0. The highest BCUT2D eigenvalue weighted by atomic mass is 15.2. The van der Waals surface area contributed by atoms with Gasteiger partial charge in [-0.25, -0.2) is 9.97 Å². The van der Waals surface area contributed by atoms with Crippen molar-refractivity contribution in [3.63, 3.8) is 0 Å².